The zero-order valence-electron chi connectivity index (χ0n) is 20.0. The van der Waals surface area contributed by atoms with Crippen molar-refractivity contribution in [2.24, 2.45) is 5.73 Å². The number of carbonyl (C=O) groups is 2. The molecule has 12 heteroatoms. The summed E-state index contributed by atoms with van der Waals surface area (Å²) in [5.74, 6) is -3.55. The van der Waals surface area contributed by atoms with E-state index in [4.69, 9.17) is 33.7 Å². The fourth-order valence-corrected chi connectivity index (χ4v) is 5.38. The minimum absolute atomic E-state index is 0.0179. The van der Waals surface area contributed by atoms with E-state index in [0.29, 0.717) is 5.02 Å². The van der Waals surface area contributed by atoms with Gasteiger partial charge in [0.05, 0.1) is 25.9 Å². The standard InChI is InChI=1S/C27H18Cl2F2N2O5S/c1-14-22(33-27(32)35)13-19(29)26(23(14)25(34)24-20(30)3-2-4-21(24)31)38-16-7-11-18(12-8-16)39(36,37)17-9-5-15(28)6-10-17/h2-13H,1H3,(H3,32,33,35). The van der Waals surface area contributed by atoms with Crippen LogP contribution in [0.4, 0.5) is 19.3 Å². The molecular weight excluding hydrogens is 573 g/mol. The van der Waals surface area contributed by atoms with Crippen LogP contribution in [0.2, 0.25) is 10.0 Å². The first kappa shape index (κ1) is 28.0. The highest BCUT2D eigenvalue weighted by Gasteiger charge is 2.28. The Morgan fingerprint density at radius 2 is 1.41 bits per heavy atom. The molecule has 4 rings (SSSR count). The van der Waals surface area contributed by atoms with Crippen molar-refractivity contribution in [1.29, 1.82) is 0 Å². The van der Waals surface area contributed by atoms with Crippen molar-refractivity contribution in [2.45, 2.75) is 16.7 Å². The number of anilines is 1. The van der Waals surface area contributed by atoms with E-state index in [0.717, 1.165) is 18.2 Å². The molecule has 0 aliphatic carbocycles. The van der Waals surface area contributed by atoms with E-state index < -0.39 is 38.8 Å². The van der Waals surface area contributed by atoms with Crippen LogP contribution in [-0.2, 0) is 9.84 Å². The molecule has 7 nitrogen and oxygen atoms in total. The minimum atomic E-state index is -3.87. The molecule has 0 aliphatic heterocycles. The third-order valence-electron chi connectivity index (χ3n) is 5.65. The number of nitrogens with one attached hydrogen (secondary N) is 1. The molecule has 2 amide bonds. The molecule has 0 saturated carbocycles. The summed E-state index contributed by atoms with van der Waals surface area (Å²) in [6, 6.07) is 14.1. The van der Waals surface area contributed by atoms with Gasteiger partial charge in [-0.05, 0) is 79.2 Å². The highest BCUT2D eigenvalue weighted by molar-refractivity contribution is 7.91. The molecule has 3 N–H and O–H groups in total. The summed E-state index contributed by atoms with van der Waals surface area (Å²) in [4.78, 5) is 24.9. The lowest BCUT2D eigenvalue weighted by Gasteiger charge is -2.18. The number of hydrogen-bond donors (Lipinski definition) is 2. The van der Waals surface area contributed by atoms with E-state index in [1.165, 1.54) is 61.5 Å². The first-order valence-corrected chi connectivity index (χ1v) is 13.3. The molecule has 0 unspecified atom stereocenters. The van der Waals surface area contributed by atoms with E-state index >= 15 is 0 Å². The number of nitrogens with two attached hydrogens (primary N) is 1. The summed E-state index contributed by atoms with van der Waals surface area (Å²) in [5, 5.41) is 2.49. The number of ether oxygens (including phenoxy) is 1. The average Bonchev–Trinajstić information content (AvgIpc) is 2.87. The van der Waals surface area contributed by atoms with Crippen LogP contribution >= 0.6 is 23.2 Å². The topological polar surface area (TPSA) is 116 Å². The fourth-order valence-electron chi connectivity index (χ4n) is 3.75. The predicted octanol–water partition coefficient (Wildman–Crippen LogP) is 6.93. The third kappa shape index (κ3) is 5.73. The number of hydrogen-bond acceptors (Lipinski definition) is 5. The number of benzene rings is 4. The van der Waals surface area contributed by atoms with Crippen LogP contribution in [-0.4, -0.2) is 20.2 Å². The monoisotopic (exact) mass is 590 g/mol. The van der Waals surface area contributed by atoms with Gasteiger partial charge >= 0.3 is 6.03 Å². The molecule has 0 atom stereocenters. The molecular formula is C27H18Cl2F2N2O5S. The maximum absolute atomic E-state index is 14.5. The van der Waals surface area contributed by atoms with Crippen molar-refractivity contribution < 1.29 is 31.5 Å². The zero-order valence-corrected chi connectivity index (χ0v) is 22.3. The van der Waals surface area contributed by atoms with Crippen molar-refractivity contribution in [2.75, 3.05) is 5.32 Å². The quantitative estimate of drug-likeness (QED) is 0.226. The minimum Gasteiger partial charge on any atom is -0.455 e. The second-order valence-corrected chi connectivity index (χ2v) is 11.0. The van der Waals surface area contributed by atoms with Gasteiger partial charge in [-0.15, -0.1) is 0 Å². The van der Waals surface area contributed by atoms with Crippen molar-refractivity contribution in [1.82, 2.24) is 0 Å². The summed E-state index contributed by atoms with van der Waals surface area (Å²) in [6.07, 6.45) is 0. The lowest BCUT2D eigenvalue weighted by atomic mass is 9.96. The second kappa shape index (κ2) is 11.0. The van der Waals surface area contributed by atoms with Crippen molar-refractivity contribution >= 4 is 50.5 Å². The third-order valence-corrected chi connectivity index (χ3v) is 7.96. The van der Waals surface area contributed by atoms with Crippen molar-refractivity contribution in [3.05, 3.63) is 111 Å². The number of halogens is 4. The van der Waals surface area contributed by atoms with Crippen LogP contribution in [0.25, 0.3) is 0 Å². The van der Waals surface area contributed by atoms with Gasteiger partial charge in [-0.3, -0.25) is 4.79 Å². The number of ketones is 1. The van der Waals surface area contributed by atoms with Crippen LogP contribution in [0, 0.1) is 18.6 Å². The highest BCUT2D eigenvalue weighted by atomic mass is 35.5. The lowest BCUT2D eigenvalue weighted by Crippen LogP contribution is -2.21. The Bertz CT molecular complexity index is 1690. The van der Waals surface area contributed by atoms with Gasteiger partial charge in [-0.1, -0.05) is 29.3 Å². The SMILES string of the molecule is Cc1c(NC(N)=O)cc(Cl)c(Oc2ccc(S(=O)(=O)c3ccc(Cl)cc3)cc2)c1C(=O)c1c(F)cccc1F. The number of sulfone groups is 1. The van der Waals surface area contributed by atoms with Crippen LogP contribution in [0.5, 0.6) is 11.5 Å². The molecule has 0 aromatic heterocycles. The molecule has 0 fully saturated rings. The Balaban J connectivity index is 1.78. The molecule has 0 radical (unpaired) electrons. The van der Waals surface area contributed by atoms with Gasteiger partial charge in [0.1, 0.15) is 17.4 Å². The van der Waals surface area contributed by atoms with E-state index in [1.54, 1.807) is 0 Å². The van der Waals surface area contributed by atoms with Gasteiger partial charge in [0.25, 0.3) is 0 Å². The molecule has 0 heterocycles. The van der Waals surface area contributed by atoms with Gasteiger partial charge in [-0.25, -0.2) is 22.0 Å². The van der Waals surface area contributed by atoms with Crippen LogP contribution < -0.4 is 15.8 Å². The number of amides is 2. The van der Waals surface area contributed by atoms with E-state index in [9.17, 15) is 26.8 Å². The van der Waals surface area contributed by atoms with E-state index in [1.807, 2.05) is 0 Å². The van der Waals surface area contributed by atoms with Gasteiger partial charge < -0.3 is 15.8 Å². The Morgan fingerprint density at radius 1 is 0.872 bits per heavy atom. The molecule has 0 bridgehead atoms. The Hall–Kier alpha value is -3.99. The fraction of sp³-hybridized carbons (Fsp3) is 0.0370. The van der Waals surface area contributed by atoms with Crippen LogP contribution in [0.15, 0.2) is 82.6 Å². The molecule has 39 heavy (non-hydrogen) atoms. The summed E-state index contributed by atoms with van der Waals surface area (Å²) < 4.78 is 60.7. The Kier molecular flexibility index (Phi) is 7.91. The van der Waals surface area contributed by atoms with Crippen molar-refractivity contribution in [3.8, 4) is 11.5 Å². The summed E-state index contributed by atoms with van der Waals surface area (Å²) in [5.41, 5.74) is 4.10. The predicted molar refractivity (Wildman–Crippen MR) is 143 cm³/mol. The first-order valence-electron chi connectivity index (χ1n) is 11.1. The molecule has 4 aromatic carbocycles. The number of rotatable bonds is 7. The van der Waals surface area contributed by atoms with Crippen molar-refractivity contribution in [3.63, 3.8) is 0 Å². The summed E-state index contributed by atoms with van der Waals surface area (Å²) in [6.45, 7) is 1.40. The summed E-state index contributed by atoms with van der Waals surface area (Å²) >= 11 is 12.2. The van der Waals surface area contributed by atoms with Gasteiger partial charge in [-0.2, -0.15) is 0 Å². The lowest BCUT2D eigenvalue weighted by molar-refractivity contribution is 0.102. The first-order chi connectivity index (χ1) is 18.4. The highest BCUT2D eigenvalue weighted by Crippen LogP contribution is 2.41. The molecule has 0 aliphatic rings. The number of primary amides is 1. The number of carbonyl (C=O) groups excluding carboxylic acids is 2. The van der Waals surface area contributed by atoms with E-state index in [-0.39, 0.29) is 43.1 Å². The van der Waals surface area contributed by atoms with Gasteiger partial charge in [0.2, 0.25) is 15.6 Å². The maximum atomic E-state index is 14.5. The molecule has 4 aromatic rings. The Morgan fingerprint density at radius 3 is 1.95 bits per heavy atom. The molecule has 200 valence electrons. The van der Waals surface area contributed by atoms with Crippen LogP contribution in [0.1, 0.15) is 21.5 Å². The normalized spacial score (nSPS) is 11.2. The average molecular weight is 591 g/mol. The number of urea groups is 1. The maximum Gasteiger partial charge on any atom is 0.316 e. The van der Waals surface area contributed by atoms with Crippen LogP contribution in [0.3, 0.4) is 0 Å². The Labute approximate surface area is 232 Å². The second-order valence-electron chi connectivity index (χ2n) is 8.18. The van der Waals surface area contributed by atoms with E-state index in [2.05, 4.69) is 5.32 Å². The smallest absolute Gasteiger partial charge is 0.316 e. The molecule has 0 saturated heterocycles. The zero-order chi connectivity index (χ0) is 28.5. The summed E-state index contributed by atoms with van der Waals surface area (Å²) in [7, 11) is -3.87. The largest absolute Gasteiger partial charge is 0.455 e. The molecule has 0 spiro atoms. The van der Waals surface area contributed by atoms with Gasteiger partial charge in [0.15, 0.2) is 5.75 Å². The van der Waals surface area contributed by atoms with Gasteiger partial charge in [0, 0.05) is 10.7 Å².